The molecule has 0 atom stereocenters. The molecule has 1 aliphatic carbocycles. The molecule has 0 spiro atoms. The number of hydrogen-bond donors (Lipinski definition) is 2. The van der Waals surface area contributed by atoms with E-state index in [9.17, 15) is 14.7 Å². The Kier molecular flexibility index (Phi) is 5.55. The Morgan fingerprint density at radius 3 is 2.52 bits per heavy atom. The number of rotatable bonds is 3. The van der Waals surface area contributed by atoms with Crippen LogP contribution in [0.3, 0.4) is 0 Å². The van der Waals surface area contributed by atoms with Crippen molar-refractivity contribution in [2.45, 2.75) is 45.4 Å². The van der Waals surface area contributed by atoms with Gasteiger partial charge in [-0.1, -0.05) is 13.3 Å². The third-order valence-electron chi connectivity index (χ3n) is 4.29. The Labute approximate surface area is 155 Å². The summed E-state index contributed by atoms with van der Waals surface area (Å²) in [6.07, 6.45) is 5.13. The first-order valence-electron chi connectivity index (χ1n) is 7.61. The van der Waals surface area contributed by atoms with Crippen LogP contribution >= 0.6 is 0 Å². The molecule has 118 valence electrons. The summed E-state index contributed by atoms with van der Waals surface area (Å²) in [6, 6.07) is 0.940. The van der Waals surface area contributed by atoms with E-state index < -0.39 is 11.4 Å². The van der Waals surface area contributed by atoms with E-state index in [-0.39, 0.29) is 52.0 Å². The minimum absolute atomic E-state index is 0. The topological polar surface area (TPSA) is 87.7 Å². The molecule has 1 heterocycles. The number of aryl methyl sites for hydroxylation is 1. The van der Waals surface area contributed by atoms with Crippen LogP contribution in [-0.2, 0) is 19.3 Å². The Hall–Kier alpha value is -1.30. The summed E-state index contributed by atoms with van der Waals surface area (Å²) in [5.74, 6) is -1.70. The van der Waals surface area contributed by atoms with Gasteiger partial charge in [-0.25, -0.2) is 4.79 Å². The maximum atomic E-state index is 12.3. The summed E-state index contributed by atoms with van der Waals surface area (Å²) in [7, 11) is 0. The molecule has 3 rings (SSSR count). The van der Waals surface area contributed by atoms with E-state index in [4.69, 9.17) is 9.52 Å². The quantitative estimate of drug-likeness (QED) is 0.846. The van der Waals surface area contributed by atoms with E-state index in [1.807, 2.05) is 6.92 Å². The molecule has 2 aromatic rings. The summed E-state index contributed by atoms with van der Waals surface area (Å²) >= 11 is 0. The molecule has 0 radical (unpaired) electrons. The Morgan fingerprint density at radius 1 is 1.26 bits per heavy atom. The normalized spacial score (nSPS) is 13.4. The Bertz CT molecular complexity index is 822. The van der Waals surface area contributed by atoms with Gasteiger partial charge >= 0.3 is 35.5 Å². The van der Waals surface area contributed by atoms with Crippen molar-refractivity contribution in [3.63, 3.8) is 0 Å². The van der Waals surface area contributed by atoms with E-state index in [2.05, 4.69) is 0 Å². The number of phenolic OH excluding ortho intramolecular Hbond substituents is 1. The average molecular weight is 326 g/mol. The summed E-state index contributed by atoms with van der Waals surface area (Å²) in [5, 5.41) is 19.7. The van der Waals surface area contributed by atoms with Crippen LogP contribution in [0, 0.1) is 0 Å². The molecule has 1 aromatic carbocycles. The minimum atomic E-state index is -1.28. The van der Waals surface area contributed by atoms with Gasteiger partial charge in [0.1, 0.15) is 16.7 Å². The van der Waals surface area contributed by atoms with Crippen molar-refractivity contribution in [1.29, 1.82) is 0 Å². The first-order valence-corrected chi connectivity index (χ1v) is 7.61. The zero-order valence-electron chi connectivity index (χ0n) is 12.4. The first kappa shape index (κ1) is 18.0. The van der Waals surface area contributed by atoms with Crippen molar-refractivity contribution in [1.82, 2.24) is 0 Å². The second-order valence-electron chi connectivity index (χ2n) is 5.73. The number of carbonyl (C=O) groups is 1. The molecule has 0 unspecified atom stereocenters. The third-order valence-corrected chi connectivity index (χ3v) is 4.29. The Morgan fingerprint density at radius 2 is 1.91 bits per heavy atom. The number of carboxylic acid groups (broad SMARTS) is 1. The maximum absolute atomic E-state index is 12.3. The van der Waals surface area contributed by atoms with Gasteiger partial charge < -0.3 is 14.6 Å². The summed E-state index contributed by atoms with van der Waals surface area (Å²) in [5.41, 5.74) is 2.48. The summed E-state index contributed by atoms with van der Waals surface area (Å²) in [4.78, 5) is 23.4. The predicted molar refractivity (Wildman–Crippen MR) is 88.9 cm³/mol. The number of aromatic carboxylic acids is 1. The molecule has 2 N–H and O–H groups in total. The fourth-order valence-corrected chi connectivity index (χ4v) is 3.34. The van der Waals surface area contributed by atoms with Crippen LogP contribution < -0.4 is 5.43 Å². The zero-order valence-corrected chi connectivity index (χ0v) is 12.4. The van der Waals surface area contributed by atoms with E-state index in [1.165, 1.54) is 0 Å². The third kappa shape index (κ3) is 3.05. The number of carboxylic acids is 1. The van der Waals surface area contributed by atoms with Gasteiger partial charge in [-0.3, -0.25) is 4.79 Å². The standard InChI is InChI=1S/C17H18O5.Na.H/c1-2-5-11-9-6-3-4-7-10(9)15(19)14-12(18)8-13(17(20)21)22-16(11)14;;/h8,19H,2-7H2,1H3,(H,20,21);;. The second kappa shape index (κ2) is 7.07. The van der Waals surface area contributed by atoms with Gasteiger partial charge in [0.05, 0.1) is 0 Å². The van der Waals surface area contributed by atoms with Crippen LogP contribution in [0.5, 0.6) is 5.75 Å². The molecule has 1 aromatic heterocycles. The van der Waals surface area contributed by atoms with Gasteiger partial charge in [0.2, 0.25) is 5.76 Å². The average Bonchev–Trinajstić information content (AvgIpc) is 2.50. The monoisotopic (exact) mass is 326 g/mol. The van der Waals surface area contributed by atoms with Gasteiger partial charge in [0.15, 0.2) is 5.43 Å². The molecule has 6 heteroatoms. The molecular weight excluding hydrogens is 307 g/mol. The van der Waals surface area contributed by atoms with Crippen molar-refractivity contribution in [3.8, 4) is 5.75 Å². The van der Waals surface area contributed by atoms with Crippen molar-refractivity contribution in [2.24, 2.45) is 0 Å². The van der Waals surface area contributed by atoms with Crippen LogP contribution in [0.25, 0.3) is 11.0 Å². The van der Waals surface area contributed by atoms with Gasteiger partial charge in [-0.2, -0.15) is 0 Å². The second-order valence-corrected chi connectivity index (χ2v) is 5.73. The van der Waals surface area contributed by atoms with Crippen molar-refractivity contribution in [3.05, 3.63) is 38.7 Å². The van der Waals surface area contributed by atoms with Gasteiger partial charge in [0.25, 0.3) is 0 Å². The van der Waals surface area contributed by atoms with Gasteiger partial charge in [-0.15, -0.1) is 0 Å². The predicted octanol–water partition coefficient (Wildman–Crippen LogP) is 2.38. The van der Waals surface area contributed by atoms with E-state index in [0.717, 1.165) is 54.9 Å². The summed E-state index contributed by atoms with van der Waals surface area (Å²) in [6.45, 7) is 2.02. The number of benzene rings is 1. The van der Waals surface area contributed by atoms with Crippen LogP contribution in [0.2, 0.25) is 0 Å². The van der Waals surface area contributed by atoms with Crippen LogP contribution in [-0.4, -0.2) is 45.7 Å². The van der Waals surface area contributed by atoms with Crippen LogP contribution in [0.4, 0.5) is 0 Å². The molecule has 0 saturated heterocycles. The molecule has 0 aliphatic heterocycles. The molecular formula is C17H19NaO5. The molecule has 0 saturated carbocycles. The molecule has 0 fully saturated rings. The Balaban J connectivity index is 0.00000192. The van der Waals surface area contributed by atoms with E-state index >= 15 is 0 Å². The van der Waals surface area contributed by atoms with Gasteiger partial charge in [-0.05, 0) is 48.8 Å². The molecule has 23 heavy (non-hydrogen) atoms. The van der Waals surface area contributed by atoms with Crippen molar-refractivity contribution in [2.75, 3.05) is 0 Å². The molecule has 0 amide bonds. The van der Waals surface area contributed by atoms with Crippen LogP contribution in [0.1, 0.15) is 53.4 Å². The fraction of sp³-hybridized carbons (Fsp3) is 0.412. The van der Waals surface area contributed by atoms with E-state index in [0.29, 0.717) is 6.42 Å². The molecule has 5 nitrogen and oxygen atoms in total. The number of phenols is 1. The summed E-state index contributed by atoms with van der Waals surface area (Å²) < 4.78 is 5.48. The number of hydrogen-bond acceptors (Lipinski definition) is 4. The zero-order chi connectivity index (χ0) is 15.9. The SMILES string of the molecule is CCCc1c2c(c(O)c3c(=O)cc(C(=O)O)oc13)CCCC2.[NaH]. The number of fused-ring (bicyclic) bond motifs is 2. The first-order chi connectivity index (χ1) is 10.5. The van der Waals surface area contributed by atoms with Crippen molar-refractivity contribution >= 4 is 46.5 Å². The van der Waals surface area contributed by atoms with E-state index in [1.54, 1.807) is 0 Å². The van der Waals surface area contributed by atoms with Crippen molar-refractivity contribution < 1.29 is 19.4 Å². The van der Waals surface area contributed by atoms with Gasteiger partial charge in [0, 0.05) is 6.07 Å². The van der Waals surface area contributed by atoms with Crippen LogP contribution in [0.15, 0.2) is 15.3 Å². The number of aromatic hydroxyl groups is 1. The molecule has 1 aliphatic rings. The molecule has 0 bridgehead atoms. The fourth-order valence-electron chi connectivity index (χ4n) is 3.34.